The number of rotatable bonds is 8. The number of aryl methyl sites for hydroxylation is 1. The van der Waals surface area contributed by atoms with Crippen LogP contribution in [-0.2, 0) is 19.4 Å². The highest BCUT2D eigenvalue weighted by Crippen LogP contribution is 2.01. The molecule has 2 heterocycles. The van der Waals surface area contributed by atoms with Crippen LogP contribution in [0.15, 0.2) is 45.0 Å². The number of hydrogen-bond donors (Lipinski definition) is 2. The molecule has 0 saturated heterocycles. The molecule has 2 rings (SSSR count). The minimum atomic E-state index is 0. The highest BCUT2D eigenvalue weighted by Gasteiger charge is 2.05. The molecular formula is C15H22IN5O2. The van der Waals surface area contributed by atoms with Crippen molar-refractivity contribution < 1.29 is 8.94 Å². The smallest absolute Gasteiger partial charge is 0.226 e. The Labute approximate surface area is 152 Å². The first-order valence-corrected chi connectivity index (χ1v) is 7.28. The maximum Gasteiger partial charge on any atom is 0.226 e. The molecule has 0 fully saturated rings. The average Bonchev–Trinajstić information content (AvgIpc) is 3.20. The minimum absolute atomic E-state index is 0. The van der Waals surface area contributed by atoms with E-state index in [1.54, 1.807) is 12.3 Å². The molecule has 8 heteroatoms. The molecule has 0 radical (unpaired) electrons. The zero-order chi connectivity index (χ0) is 15.6. The van der Waals surface area contributed by atoms with Crippen LogP contribution in [0.5, 0.6) is 0 Å². The van der Waals surface area contributed by atoms with Gasteiger partial charge in [0.15, 0.2) is 11.8 Å². The topological polar surface area (TPSA) is 88.5 Å². The molecule has 0 aliphatic rings. The molecule has 23 heavy (non-hydrogen) atoms. The molecule has 2 aromatic rings. The maximum absolute atomic E-state index is 5.26. The number of guanidine groups is 1. The molecule has 2 N–H and O–H groups in total. The van der Waals surface area contributed by atoms with E-state index >= 15 is 0 Å². The van der Waals surface area contributed by atoms with Crippen molar-refractivity contribution in [2.24, 2.45) is 4.99 Å². The van der Waals surface area contributed by atoms with Crippen molar-refractivity contribution in [2.75, 3.05) is 13.1 Å². The Bertz CT molecular complexity index is 595. The highest BCUT2D eigenvalue weighted by atomic mass is 127. The predicted molar refractivity (Wildman–Crippen MR) is 98.8 cm³/mol. The Balaban J connectivity index is 0.00000264. The summed E-state index contributed by atoms with van der Waals surface area (Å²) in [5.74, 6) is 2.85. The first kappa shape index (κ1) is 19.2. The summed E-state index contributed by atoms with van der Waals surface area (Å²) in [5.41, 5.74) is 0. The van der Waals surface area contributed by atoms with Gasteiger partial charge in [-0.3, -0.25) is 0 Å². The summed E-state index contributed by atoms with van der Waals surface area (Å²) in [6, 6.07) is 3.73. The number of aliphatic imine (C=N–C) groups is 1. The maximum atomic E-state index is 5.26. The Morgan fingerprint density at radius 3 is 2.96 bits per heavy atom. The van der Waals surface area contributed by atoms with Crippen molar-refractivity contribution in [3.63, 3.8) is 0 Å². The van der Waals surface area contributed by atoms with Crippen LogP contribution in [0.2, 0.25) is 0 Å². The fourth-order valence-corrected chi connectivity index (χ4v) is 1.73. The largest absolute Gasteiger partial charge is 0.467 e. The summed E-state index contributed by atoms with van der Waals surface area (Å²) < 4.78 is 10.3. The van der Waals surface area contributed by atoms with Crippen LogP contribution < -0.4 is 10.6 Å². The molecule has 0 aliphatic heterocycles. The summed E-state index contributed by atoms with van der Waals surface area (Å²) >= 11 is 0. The van der Waals surface area contributed by atoms with Gasteiger partial charge in [0.2, 0.25) is 5.89 Å². The van der Waals surface area contributed by atoms with Crippen LogP contribution in [0.25, 0.3) is 0 Å². The molecule has 0 aromatic carbocycles. The molecule has 0 atom stereocenters. The van der Waals surface area contributed by atoms with E-state index in [9.17, 15) is 0 Å². The van der Waals surface area contributed by atoms with Crippen LogP contribution in [0.3, 0.4) is 0 Å². The molecule has 2 aromatic heterocycles. The molecule has 0 saturated carbocycles. The third-order valence-electron chi connectivity index (χ3n) is 2.84. The molecule has 126 valence electrons. The van der Waals surface area contributed by atoms with Gasteiger partial charge in [-0.15, -0.1) is 30.6 Å². The summed E-state index contributed by atoms with van der Waals surface area (Å²) in [6.45, 7) is 7.43. The van der Waals surface area contributed by atoms with E-state index in [0.717, 1.165) is 12.2 Å². The van der Waals surface area contributed by atoms with Gasteiger partial charge in [-0.05, 0) is 12.1 Å². The Hall–Kier alpha value is -1.84. The van der Waals surface area contributed by atoms with Crippen LogP contribution >= 0.6 is 24.0 Å². The van der Waals surface area contributed by atoms with Gasteiger partial charge < -0.3 is 19.6 Å². The third-order valence-corrected chi connectivity index (χ3v) is 2.84. The van der Waals surface area contributed by atoms with E-state index in [0.29, 0.717) is 43.7 Å². The van der Waals surface area contributed by atoms with Crippen molar-refractivity contribution in [3.05, 3.63) is 48.5 Å². The van der Waals surface area contributed by atoms with Gasteiger partial charge >= 0.3 is 0 Å². The lowest BCUT2D eigenvalue weighted by atomic mass is 10.4. The van der Waals surface area contributed by atoms with Crippen LogP contribution in [0, 0.1) is 0 Å². The molecule has 0 bridgehead atoms. The monoisotopic (exact) mass is 431 g/mol. The summed E-state index contributed by atoms with van der Waals surface area (Å²) in [7, 11) is 0. The van der Waals surface area contributed by atoms with Gasteiger partial charge in [-0.2, -0.15) is 4.98 Å². The molecular weight excluding hydrogens is 409 g/mol. The molecule has 0 spiro atoms. The Kier molecular flexibility index (Phi) is 9.03. The van der Waals surface area contributed by atoms with Crippen molar-refractivity contribution in [2.45, 2.75) is 26.3 Å². The van der Waals surface area contributed by atoms with Gasteiger partial charge in [0.1, 0.15) is 12.3 Å². The Morgan fingerprint density at radius 1 is 1.43 bits per heavy atom. The van der Waals surface area contributed by atoms with Crippen molar-refractivity contribution >= 4 is 29.9 Å². The van der Waals surface area contributed by atoms with Gasteiger partial charge in [-0.1, -0.05) is 18.2 Å². The second-order valence-electron chi connectivity index (χ2n) is 4.55. The van der Waals surface area contributed by atoms with Gasteiger partial charge in [0, 0.05) is 25.9 Å². The van der Waals surface area contributed by atoms with Crippen LogP contribution in [-0.4, -0.2) is 29.2 Å². The van der Waals surface area contributed by atoms with E-state index in [4.69, 9.17) is 8.94 Å². The number of aromatic nitrogens is 2. The van der Waals surface area contributed by atoms with Crippen LogP contribution in [0.1, 0.15) is 24.4 Å². The number of nitrogens with zero attached hydrogens (tertiary/aromatic N) is 3. The van der Waals surface area contributed by atoms with E-state index in [1.807, 2.05) is 19.1 Å². The van der Waals surface area contributed by atoms with E-state index in [1.165, 1.54) is 0 Å². The quantitative estimate of drug-likeness (QED) is 0.289. The zero-order valence-electron chi connectivity index (χ0n) is 13.1. The van der Waals surface area contributed by atoms with E-state index in [2.05, 4.69) is 32.3 Å². The van der Waals surface area contributed by atoms with E-state index in [-0.39, 0.29) is 24.0 Å². The third kappa shape index (κ3) is 6.85. The Morgan fingerprint density at radius 2 is 2.30 bits per heavy atom. The molecule has 0 aliphatic carbocycles. The highest BCUT2D eigenvalue weighted by molar-refractivity contribution is 14.0. The summed E-state index contributed by atoms with van der Waals surface area (Å²) in [6.07, 6.45) is 4.82. The number of furan rings is 1. The number of nitrogens with one attached hydrogen (secondary N) is 2. The first-order valence-electron chi connectivity index (χ1n) is 7.28. The van der Waals surface area contributed by atoms with Crippen LogP contribution in [0.4, 0.5) is 0 Å². The number of hydrogen-bond acceptors (Lipinski definition) is 5. The van der Waals surface area contributed by atoms with Crippen molar-refractivity contribution in [3.8, 4) is 0 Å². The van der Waals surface area contributed by atoms with Gasteiger partial charge in [0.25, 0.3) is 0 Å². The van der Waals surface area contributed by atoms with Gasteiger partial charge in [-0.25, -0.2) is 4.99 Å². The van der Waals surface area contributed by atoms with Crippen molar-refractivity contribution in [1.29, 1.82) is 0 Å². The summed E-state index contributed by atoms with van der Waals surface area (Å²) in [5, 5.41) is 10.3. The van der Waals surface area contributed by atoms with Crippen molar-refractivity contribution in [1.82, 2.24) is 20.8 Å². The van der Waals surface area contributed by atoms with E-state index < -0.39 is 0 Å². The lowest BCUT2D eigenvalue weighted by molar-refractivity contribution is 0.376. The first-order chi connectivity index (χ1) is 10.8. The molecule has 0 unspecified atom stereocenters. The zero-order valence-corrected chi connectivity index (χ0v) is 15.4. The predicted octanol–water partition coefficient (Wildman–Crippen LogP) is 2.31. The fraction of sp³-hybridized carbons (Fsp3) is 0.400. The van der Waals surface area contributed by atoms with Gasteiger partial charge in [0.05, 0.1) is 6.26 Å². The normalized spacial score (nSPS) is 10.9. The lowest BCUT2D eigenvalue weighted by Gasteiger charge is -2.10. The second-order valence-corrected chi connectivity index (χ2v) is 4.55. The molecule has 7 nitrogen and oxygen atoms in total. The number of halogens is 1. The fourth-order valence-electron chi connectivity index (χ4n) is 1.73. The minimum Gasteiger partial charge on any atom is -0.467 e. The summed E-state index contributed by atoms with van der Waals surface area (Å²) in [4.78, 5) is 8.71. The lowest BCUT2D eigenvalue weighted by Crippen LogP contribution is -2.38. The second kappa shape index (κ2) is 10.8. The SMILES string of the molecule is C=CCNC(=NCc1ccco1)NCCc1noc(CC)n1.I. The standard InChI is InChI=1S/C15H21N5O2.HI/c1-3-8-16-15(18-11-12-6-5-10-21-12)17-9-7-13-19-14(4-2)22-20-13;/h3,5-6,10H,1,4,7-9,11H2,2H3,(H2,16,17,18);1H. The average molecular weight is 431 g/mol. The molecule has 0 amide bonds.